The van der Waals surface area contributed by atoms with E-state index in [2.05, 4.69) is 4.99 Å². The Hall–Kier alpha value is -1.96. The molecule has 0 saturated carbocycles. The average molecular weight is 199 g/mol. The lowest BCUT2D eigenvalue weighted by atomic mass is 10.2. The van der Waals surface area contributed by atoms with E-state index in [0.717, 1.165) is 11.3 Å². The summed E-state index contributed by atoms with van der Waals surface area (Å²) in [6.45, 7) is 0. The molecule has 0 aliphatic carbocycles. The van der Waals surface area contributed by atoms with Crippen LogP contribution in [0.25, 0.3) is 0 Å². The van der Waals surface area contributed by atoms with Crippen LogP contribution in [0.4, 0.5) is 10.1 Å². The summed E-state index contributed by atoms with van der Waals surface area (Å²) >= 11 is 0. The molecule has 0 saturated heterocycles. The molecule has 0 aromatic heterocycles. The van der Waals surface area contributed by atoms with Crippen LogP contribution in [0, 0.1) is 5.82 Å². The van der Waals surface area contributed by atoms with E-state index in [4.69, 9.17) is 0 Å². The number of hydrogen-bond acceptors (Lipinski definition) is 1. The molecule has 0 unspecified atom stereocenters. The van der Waals surface area contributed by atoms with E-state index in [-0.39, 0.29) is 5.82 Å². The predicted molar refractivity (Wildman–Crippen MR) is 60.1 cm³/mol. The quantitative estimate of drug-likeness (QED) is 0.655. The van der Waals surface area contributed by atoms with E-state index in [0.29, 0.717) is 0 Å². The molecule has 15 heavy (non-hydrogen) atoms. The molecule has 0 N–H and O–H groups in total. The second-order valence-corrected chi connectivity index (χ2v) is 3.15. The summed E-state index contributed by atoms with van der Waals surface area (Å²) in [7, 11) is 0. The Morgan fingerprint density at radius 1 is 0.867 bits per heavy atom. The molecule has 0 atom stereocenters. The molecule has 1 nitrogen and oxygen atoms in total. The molecular formula is C13H10FN. The summed E-state index contributed by atoms with van der Waals surface area (Å²) in [5.74, 6) is -0.242. The van der Waals surface area contributed by atoms with Gasteiger partial charge in [0.2, 0.25) is 0 Å². The molecule has 0 aliphatic heterocycles. The zero-order valence-electron chi connectivity index (χ0n) is 8.10. The first-order chi connectivity index (χ1) is 7.34. The van der Waals surface area contributed by atoms with Crippen LogP contribution in [-0.4, -0.2) is 6.21 Å². The zero-order valence-corrected chi connectivity index (χ0v) is 8.10. The van der Waals surface area contributed by atoms with Gasteiger partial charge in [0, 0.05) is 6.21 Å². The Labute approximate surface area is 87.9 Å². The van der Waals surface area contributed by atoms with Crippen molar-refractivity contribution in [2.75, 3.05) is 0 Å². The van der Waals surface area contributed by atoms with Crippen molar-refractivity contribution < 1.29 is 4.39 Å². The van der Waals surface area contributed by atoms with Crippen molar-refractivity contribution in [3.8, 4) is 0 Å². The molecule has 0 spiro atoms. The van der Waals surface area contributed by atoms with Crippen molar-refractivity contribution in [3.05, 3.63) is 66.0 Å². The Bertz CT molecular complexity index is 446. The topological polar surface area (TPSA) is 12.4 Å². The number of benzene rings is 2. The monoisotopic (exact) mass is 199 g/mol. The third-order valence-electron chi connectivity index (χ3n) is 1.99. The van der Waals surface area contributed by atoms with Crippen molar-refractivity contribution in [2.45, 2.75) is 0 Å². The van der Waals surface area contributed by atoms with Gasteiger partial charge >= 0.3 is 0 Å². The van der Waals surface area contributed by atoms with Crippen LogP contribution in [0.15, 0.2) is 59.6 Å². The lowest BCUT2D eigenvalue weighted by molar-refractivity contribution is 0.628. The van der Waals surface area contributed by atoms with Gasteiger partial charge in [0.05, 0.1) is 5.69 Å². The summed E-state index contributed by atoms with van der Waals surface area (Å²) in [4.78, 5) is 4.23. The molecular weight excluding hydrogens is 189 g/mol. The maximum absolute atomic E-state index is 12.6. The first-order valence-electron chi connectivity index (χ1n) is 4.69. The third-order valence-corrected chi connectivity index (χ3v) is 1.99. The van der Waals surface area contributed by atoms with E-state index in [1.165, 1.54) is 12.1 Å². The van der Waals surface area contributed by atoms with Gasteiger partial charge in [-0.15, -0.1) is 0 Å². The van der Waals surface area contributed by atoms with Crippen LogP contribution >= 0.6 is 0 Å². The van der Waals surface area contributed by atoms with Crippen molar-refractivity contribution in [2.24, 2.45) is 4.99 Å². The summed E-state index contributed by atoms with van der Waals surface area (Å²) in [5.41, 5.74) is 1.78. The summed E-state index contributed by atoms with van der Waals surface area (Å²) in [5, 5.41) is 0. The van der Waals surface area contributed by atoms with E-state index in [1.54, 1.807) is 18.3 Å². The second-order valence-electron chi connectivity index (χ2n) is 3.15. The van der Waals surface area contributed by atoms with Crippen LogP contribution in [0.3, 0.4) is 0 Å². The highest BCUT2D eigenvalue weighted by atomic mass is 19.1. The number of halogens is 1. The van der Waals surface area contributed by atoms with Gasteiger partial charge in [-0.3, -0.25) is 4.99 Å². The Morgan fingerprint density at radius 2 is 1.53 bits per heavy atom. The highest BCUT2D eigenvalue weighted by Gasteiger charge is 1.89. The van der Waals surface area contributed by atoms with Gasteiger partial charge in [-0.2, -0.15) is 0 Å². The summed E-state index contributed by atoms with van der Waals surface area (Å²) in [6.07, 6.45) is 1.76. The van der Waals surface area contributed by atoms with Crippen LogP contribution in [-0.2, 0) is 0 Å². The van der Waals surface area contributed by atoms with Gasteiger partial charge in [0.25, 0.3) is 0 Å². The standard InChI is InChI=1S/C13H10FN/c14-12-6-8-13(9-7-12)15-10-11-4-2-1-3-5-11/h1-10H/b15-10-. The molecule has 0 fully saturated rings. The lowest BCUT2D eigenvalue weighted by Gasteiger charge is -1.93. The highest BCUT2D eigenvalue weighted by molar-refractivity contribution is 5.81. The molecule has 0 radical (unpaired) electrons. The number of hydrogen-bond donors (Lipinski definition) is 0. The van der Waals surface area contributed by atoms with Crippen LogP contribution < -0.4 is 0 Å². The molecule has 0 heterocycles. The minimum absolute atomic E-state index is 0.242. The van der Waals surface area contributed by atoms with Crippen LogP contribution in [0.5, 0.6) is 0 Å². The predicted octanol–water partition coefficient (Wildman–Crippen LogP) is 3.58. The lowest BCUT2D eigenvalue weighted by Crippen LogP contribution is -1.78. The fourth-order valence-electron chi connectivity index (χ4n) is 1.22. The molecule has 2 rings (SSSR count). The Kier molecular flexibility index (Phi) is 2.88. The normalized spacial score (nSPS) is 10.7. The molecule has 74 valence electrons. The largest absolute Gasteiger partial charge is 0.256 e. The van der Waals surface area contributed by atoms with Gasteiger partial charge in [0.1, 0.15) is 5.82 Å². The third kappa shape index (κ3) is 2.74. The minimum Gasteiger partial charge on any atom is -0.256 e. The Balaban J connectivity index is 2.15. The molecule has 0 aliphatic rings. The van der Waals surface area contributed by atoms with Gasteiger partial charge in [-0.05, 0) is 29.8 Å². The number of rotatable bonds is 2. The van der Waals surface area contributed by atoms with E-state index in [9.17, 15) is 4.39 Å². The average Bonchev–Trinajstić information content (AvgIpc) is 2.30. The first-order valence-corrected chi connectivity index (χ1v) is 4.69. The molecule has 0 amide bonds. The van der Waals surface area contributed by atoms with Crippen molar-refractivity contribution in [1.82, 2.24) is 0 Å². The van der Waals surface area contributed by atoms with Crippen LogP contribution in [0.1, 0.15) is 5.56 Å². The smallest absolute Gasteiger partial charge is 0.123 e. The molecule has 0 bridgehead atoms. The van der Waals surface area contributed by atoms with Crippen molar-refractivity contribution in [1.29, 1.82) is 0 Å². The molecule has 2 heteroatoms. The van der Waals surface area contributed by atoms with Crippen LogP contribution in [0.2, 0.25) is 0 Å². The van der Waals surface area contributed by atoms with E-state index in [1.807, 2.05) is 30.3 Å². The highest BCUT2D eigenvalue weighted by Crippen LogP contribution is 2.11. The fourth-order valence-corrected chi connectivity index (χ4v) is 1.22. The maximum atomic E-state index is 12.6. The second kappa shape index (κ2) is 4.51. The fraction of sp³-hybridized carbons (Fsp3) is 0. The van der Waals surface area contributed by atoms with Gasteiger partial charge in [-0.1, -0.05) is 30.3 Å². The number of nitrogens with zero attached hydrogens (tertiary/aromatic N) is 1. The minimum atomic E-state index is -0.242. The molecule has 2 aromatic rings. The van der Waals surface area contributed by atoms with Gasteiger partial charge < -0.3 is 0 Å². The maximum Gasteiger partial charge on any atom is 0.123 e. The van der Waals surface area contributed by atoms with E-state index < -0.39 is 0 Å². The van der Waals surface area contributed by atoms with Gasteiger partial charge in [-0.25, -0.2) is 4.39 Å². The van der Waals surface area contributed by atoms with Crippen molar-refractivity contribution in [3.63, 3.8) is 0 Å². The summed E-state index contributed by atoms with van der Waals surface area (Å²) in [6, 6.07) is 15.9. The zero-order chi connectivity index (χ0) is 10.5. The van der Waals surface area contributed by atoms with Gasteiger partial charge in [0.15, 0.2) is 0 Å². The first kappa shape index (κ1) is 9.59. The number of aliphatic imine (C=N–C) groups is 1. The SMILES string of the molecule is Fc1ccc(/N=C\c2ccccc2)cc1. The Morgan fingerprint density at radius 3 is 2.20 bits per heavy atom. The van der Waals surface area contributed by atoms with E-state index >= 15 is 0 Å². The summed E-state index contributed by atoms with van der Waals surface area (Å²) < 4.78 is 12.6. The van der Waals surface area contributed by atoms with Crippen molar-refractivity contribution >= 4 is 11.9 Å². The molecule has 2 aromatic carbocycles.